The number of anilines is 1. The number of aromatic nitrogens is 3. The zero-order chi connectivity index (χ0) is 20.1. The Hall–Kier alpha value is -3.26. The van der Waals surface area contributed by atoms with E-state index in [0.717, 1.165) is 32.8 Å². The SMILES string of the molecule is COc1ccc2nc(-n3nc(C)c4c3NC(=O)C[C@@H]4c3ccc(F)cc3)sc2c1. The summed E-state index contributed by atoms with van der Waals surface area (Å²) in [4.78, 5) is 17.1. The van der Waals surface area contributed by atoms with E-state index in [-0.39, 0.29) is 17.6 Å². The van der Waals surface area contributed by atoms with Crippen molar-refractivity contribution in [2.24, 2.45) is 0 Å². The first-order chi connectivity index (χ1) is 14.0. The van der Waals surface area contributed by atoms with Crippen molar-refractivity contribution < 1.29 is 13.9 Å². The second kappa shape index (κ2) is 6.66. The predicted molar refractivity (Wildman–Crippen MR) is 110 cm³/mol. The zero-order valence-electron chi connectivity index (χ0n) is 15.8. The smallest absolute Gasteiger partial charge is 0.226 e. The van der Waals surface area contributed by atoms with Crippen molar-refractivity contribution in [3.05, 3.63) is 65.1 Å². The molecule has 5 rings (SSSR count). The number of rotatable bonds is 3. The maximum atomic E-state index is 13.4. The molecule has 1 aliphatic heterocycles. The highest BCUT2D eigenvalue weighted by atomic mass is 32.1. The van der Waals surface area contributed by atoms with Crippen molar-refractivity contribution in [2.45, 2.75) is 19.3 Å². The second-order valence-corrected chi connectivity index (χ2v) is 7.96. The zero-order valence-corrected chi connectivity index (χ0v) is 16.6. The van der Waals surface area contributed by atoms with Crippen LogP contribution >= 0.6 is 11.3 Å². The number of hydrogen-bond donors (Lipinski definition) is 1. The molecule has 6 nitrogen and oxygen atoms in total. The highest BCUT2D eigenvalue weighted by Gasteiger charge is 2.33. The quantitative estimate of drug-likeness (QED) is 0.545. The molecule has 0 bridgehead atoms. The molecule has 2 aromatic carbocycles. The molecule has 1 N–H and O–H groups in total. The predicted octanol–water partition coefficient (Wildman–Crippen LogP) is 4.41. The van der Waals surface area contributed by atoms with Crippen molar-refractivity contribution in [1.29, 1.82) is 0 Å². The molecule has 0 radical (unpaired) electrons. The van der Waals surface area contributed by atoms with Crippen LogP contribution in [0.1, 0.15) is 29.2 Å². The molecule has 0 fully saturated rings. The fraction of sp³-hybridized carbons (Fsp3) is 0.190. The van der Waals surface area contributed by atoms with Gasteiger partial charge in [-0.15, -0.1) is 0 Å². The highest BCUT2D eigenvalue weighted by molar-refractivity contribution is 7.20. The Morgan fingerprint density at radius 3 is 2.79 bits per heavy atom. The lowest BCUT2D eigenvalue weighted by Gasteiger charge is -2.24. The molecule has 0 spiro atoms. The number of nitrogens with one attached hydrogen (secondary N) is 1. The van der Waals surface area contributed by atoms with Gasteiger partial charge in [-0.2, -0.15) is 9.78 Å². The van der Waals surface area contributed by atoms with Gasteiger partial charge in [0.05, 0.1) is 23.0 Å². The highest BCUT2D eigenvalue weighted by Crippen LogP contribution is 2.41. The molecule has 0 unspecified atom stereocenters. The number of carbonyl (C=O) groups is 1. The van der Waals surface area contributed by atoms with Gasteiger partial charge in [0.25, 0.3) is 0 Å². The Bertz CT molecular complexity index is 1250. The Kier molecular flexibility index (Phi) is 4.09. The van der Waals surface area contributed by atoms with Crippen LogP contribution in [0.4, 0.5) is 10.2 Å². The first-order valence-corrected chi connectivity index (χ1v) is 9.95. The van der Waals surface area contributed by atoms with E-state index in [9.17, 15) is 9.18 Å². The third-order valence-corrected chi connectivity index (χ3v) is 6.13. The Balaban J connectivity index is 1.64. The lowest BCUT2D eigenvalue weighted by molar-refractivity contribution is -0.116. The summed E-state index contributed by atoms with van der Waals surface area (Å²) < 4.78 is 21.3. The van der Waals surface area contributed by atoms with Gasteiger partial charge >= 0.3 is 0 Å². The van der Waals surface area contributed by atoms with Crippen LogP contribution in [-0.4, -0.2) is 27.8 Å². The van der Waals surface area contributed by atoms with E-state index in [1.807, 2.05) is 25.1 Å². The molecular formula is C21H17FN4O2S. The van der Waals surface area contributed by atoms with Crippen LogP contribution in [0.15, 0.2) is 42.5 Å². The summed E-state index contributed by atoms with van der Waals surface area (Å²) in [6.07, 6.45) is 0.294. The summed E-state index contributed by atoms with van der Waals surface area (Å²) in [5.74, 6) is 0.806. The molecule has 0 saturated carbocycles. The minimum absolute atomic E-state index is 0.101. The fourth-order valence-electron chi connectivity index (χ4n) is 3.78. The van der Waals surface area contributed by atoms with Crippen LogP contribution in [0.3, 0.4) is 0 Å². The molecule has 1 aliphatic rings. The normalized spacial score (nSPS) is 16.0. The first kappa shape index (κ1) is 17.8. The Labute approximate surface area is 170 Å². The van der Waals surface area contributed by atoms with E-state index >= 15 is 0 Å². The minimum Gasteiger partial charge on any atom is -0.497 e. The van der Waals surface area contributed by atoms with Gasteiger partial charge in [0.15, 0.2) is 0 Å². The standard InChI is InChI=1S/C21H17FN4O2S/c1-11-19-15(12-3-5-13(22)6-4-12)10-18(27)24-20(19)26(25-11)21-23-16-8-7-14(28-2)9-17(16)29-21/h3-9,15H,10H2,1-2H3,(H,24,27)/t15-/m1/s1. The van der Waals surface area contributed by atoms with E-state index in [1.54, 1.807) is 23.9 Å². The van der Waals surface area contributed by atoms with Gasteiger partial charge in [0.2, 0.25) is 11.0 Å². The molecule has 1 atom stereocenters. The summed E-state index contributed by atoms with van der Waals surface area (Å²) in [5, 5.41) is 8.29. The van der Waals surface area contributed by atoms with Gasteiger partial charge < -0.3 is 10.1 Å². The monoisotopic (exact) mass is 408 g/mol. The number of benzene rings is 2. The van der Waals surface area contributed by atoms with E-state index in [2.05, 4.69) is 15.4 Å². The number of methoxy groups -OCH3 is 1. The summed E-state index contributed by atoms with van der Waals surface area (Å²) in [5.41, 5.74) is 3.48. The van der Waals surface area contributed by atoms with Crippen molar-refractivity contribution in [2.75, 3.05) is 12.4 Å². The third kappa shape index (κ3) is 2.96. The van der Waals surface area contributed by atoms with E-state index in [0.29, 0.717) is 17.4 Å². The van der Waals surface area contributed by atoms with Crippen molar-refractivity contribution in [3.63, 3.8) is 0 Å². The largest absolute Gasteiger partial charge is 0.497 e. The lowest BCUT2D eigenvalue weighted by Crippen LogP contribution is -2.24. The van der Waals surface area contributed by atoms with Gasteiger partial charge in [-0.3, -0.25) is 4.79 Å². The topological polar surface area (TPSA) is 69.0 Å². The van der Waals surface area contributed by atoms with Crippen LogP contribution in [-0.2, 0) is 4.79 Å². The molecule has 1 amide bonds. The average Bonchev–Trinajstić information content (AvgIpc) is 3.28. The van der Waals surface area contributed by atoms with E-state index < -0.39 is 0 Å². The summed E-state index contributed by atoms with van der Waals surface area (Å²) in [6.45, 7) is 1.92. The number of hydrogen-bond acceptors (Lipinski definition) is 5. The molecule has 8 heteroatoms. The Morgan fingerprint density at radius 1 is 1.24 bits per heavy atom. The number of thiazole rings is 1. The average molecular weight is 408 g/mol. The van der Waals surface area contributed by atoms with Gasteiger partial charge in [0.1, 0.15) is 17.4 Å². The number of nitrogens with zero attached hydrogens (tertiary/aromatic N) is 3. The number of aryl methyl sites for hydroxylation is 1. The molecule has 146 valence electrons. The molecule has 0 saturated heterocycles. The van der Waals surface area contributed by atoms with Gasteiger partial charge in [-0.05, 0) is 42.8 Å². The molecule has 4 aromatic rings. The first-order valence-electron chi connectivity index (χ1n) is 9.13. The fourth-order valence-corrected chi connectivity index (χ4v) is 4.73. The lowest BCUT2D eigenvalue weighted by atomic mass is 9.86. The molecule has 3 heterocycles. The third-order valence-electron chi connectivity index (χ3n) is 5.14. The van der Waals surface area contributed by atoms with Crippen LogP contribution < -0.4 is 10.1 Å². The summed E-state index contributed by atoms with van der Waals surface area (Å²) in [7, 11) is 1.63. The number of carbonyl (C=O) groups excluding carboxylic acids is 1. The summed E-state index contributed by atoms with van der Waals surface area (Å²) >= 11 is 1.47. The number of amides is 1. The minimum atomic E-state index is -0.299. The van der Waals surface area contributed by atoms with Crippen LogP contribution in [0, 0.1) is 12.7 Å². The van der Waals surface area contributed by atoms with Crippen LogP contribution in [0.5, 0.6) is 5.75 Å². The van der Waals surface area contributed by atoms with Gasteiger partial charge in [0, 0.05) is 17.9 Å². The van der Waals surface area contributed by atoms with E-state index in [4.69, 9.17) is 4.74 Å². The number of ether oxygens (including phenoxy) is 1. The maximum Gasteiger partial charge on any atom is 0.226 e. The van der Waals surface area contributed by atoms with Gasteiger partial charge in [-0.1, -0.05) is 23.5 Å². The number of halogens is 1. The summed E-state index contributed by atoms with van der Waals surface area (Å²) in [6, 6.07) is 12.0. The van der Waals surface area contributed by atoms with Crippen molar-refractivity contribution in [1.82, 2.24) is 14.8 Å². The number of fused-ring (bicyclic) bond motifs is 2. The Morgan fingerprint density at radius 2 is 2.03 bits per heavy atom. The van der Waals surface area contributed by atoms with Crippen LogP contribution in [0.25, 0.3) is 15.3 Å². The second-order valence-electron chi connectivity index (χ2n) is 6.95. The molecular weight excluding hydrogens is 391 g/mol. The molecule has 2 aromatic heterocycles. The van der Waals surface area contributed by atoms with Crippen molar-refractivity contribution in [3.8, 4) is 10.9 Å². The maximum absolute atomic E-state index is 13.4. The van der Waals surface area contributed by atoms with Crippen LogP contribution in [0.2, 0.25) is 0 Å². The molecule has 0 aliphatic carbocycles. The van der Waals surface area contributed by atoms with E-state index in [1.165, 1.54) is 23.5 Å². The van der Waals surface area contributed by atoms with Crippen molar-refractivity contribution >= 4 is 33.3 Å². The molecule has 29 heavy (non-hydrogen) atoms. The van der Waals surface area contributed by atoms with Gasteiger partial charge in [-0.25, -0.2) is 9.37 Å².